The van der Waals surface area contributed by atoms with Crippen molar-refractivity contribution in [3.63, 3.8) is 0 Å². The number of hydrogen-bond acceptors (Lipinski definition) is 3. The van der Waals surface area contributed by atoms with Gasteiger partial charge < -0.3 is 14.5 Å². The fourth-order valence-corrected chi connectivity index (χ4v) is 4.14. The van der Waals surface area contributed by atoms with E-state index in [1.165, 1.54) is 12.1 Å². The molecule has 0 atom stereocenters. The van der Waals surface area contributed by atoms with Crippen molar-refractivity contribution in [3.05, 3.63) is 35.4 Å². The number of ether oxygens (including phenoxy) is 1. The Kier molecular flexibility index (Phi) is 6.09. The number of nitrogens with zero attached hydrogens (tertiary/aromatic N) is 2. The standard InChI is InChI=1S/C20H26F2N2O3/c1-27-13-3-10-24-14-20(7-6-17(24)25)8-11-23(12-9-20)19(26)15-4-2-5-16(21)18(15)22/h2,4-5H,3,6-14H2,1H3. The second-order valence-electron chi connectivity index (χ2n) is 7.56. The van der Waals surface area contributed by atoms with E-state index in [0.717, 1.165) is 31.7 Å². The number of halogens is 2. The van der Waals surface area contributed by atoms with Gasteiger partial charge in [-0.05, 0) is 43.2 Å². The van der Waals surface area contributed by atoms with Gasteiger partial charge in [0.05, 0.1) is 5.56 Å². The third-order valence-electron chi connectivity index (χ3n) is 5.82. The van der Waals surface area contributed by atoms with Crippen LogP contribution in [-0.2, 0) is 9.53 Å². The number of rotatable bonds is 5. The molecule has 0 aromatic heterocycles. The lowest BCUT2D eigenvalue weighted by atomic mass is 9.72. The Morgan fingerprint density at radius 3 is 2.67 bits per heavy atom. The first kappa shape index (κ1) is 19.7. The molecule has 1 aromatic carbocycles. The van der Waals surface area contributed by atoms with Crippen molar-refractivity contribution in [1.82, 2.24) is 9.80 Å². The van der Waals surface area contributed by atoms with E-state index in [2.05, 4.69) is 0 Å². The quantitative estimate of drug-likeness (QED) is 0.738. The summed E-state index contributed by atoms with van der Waals surface area (Å²) < 4.78 is 32.4. The van der Waals surface area contributed by atoms with Crippen LogP contribution in [0.2, 0.25) is 0 Å². The molecule has 2 saturated heterocycles. The Labute approximate surface area is 158 Å². The molecule has 2 fully saturated rings. The first-order valence-electron chi connectivity index (χ1n) is 9.46. The third kappa shape index (κ3) is 4.29. The summed E-state index contributed by atoms with van der Waals surface area (Å²) in [6.45, 7) is 3.00. The van der Waals surface area contributed by atoms with Crippen LogP contribution in [0, 0.1) is 17.0 Å². The molecule has 3 rings (SSSR count). The molecule has 148 valence electrons. The van der Waals surface area contributed by atoms with Crippen molar-refractivity contribution in [2.45, 2.75) is 32.1 Å². The van der Waals surface area contributed by atoms with Crippen LogP contribution < -0.4 is 0 Å². The highest BCUT2D eigenvalue weighted by molar-refractivity contribution is 5.94. The zero-order chi connectivity index (χ0) is 19.4. The Bertz CT molecular complexity index is 702. The van der Waals surface area contributed by atoms with Crippen LogP contribution in [0.5, 0.6) is 0 Å². The zero-order valence-corrected chi connectivity index (χ0v) is 15.7. The summed E-state index contributed by atoms with van der Waals surface area (Å²) in [5.74, 6) is -2.38. The molecule has 0 unspecified atom stereocenters. The van der Waals surface area contributed by atoms with E-state index >= 15 is 0 Å². The third-order valence-corrected chi connectivity index (χ3v) is 5.82. The van der Waals surface area contributed by atoms with Crippen LogP contribution in [0.3, 0.4) is 0 Å². The molecule has 0 aliphatic carbocycles. The SMILES string of the molecule is COCCCN1CC2(CCC1=O)CCN(C(=O)c1cccc(F)c1F)CC2. The van der Waals surface area contributed by atoms with Crippen LogP contribution >= 0.6 is 0 Å². The second-order valence-corrected chi connectivity index (χ2v) is 7.56. The fourth-order valence-electron chi connectivity index (χ4n) is 4.14. The Morgan fingerprint density at radius 1 is 1.22 bits per heavy atom. The monoisotopic (exact) mass is 380 g/mol. The summed E-state index contributed by atoms with van der Waals surface area (Å²) in [7, 11) is 1.65. The van der Waals surface area contributed by atoms with Crippen molar-refractivity contribution >= 4 is 11.8 Å². The Hall–Kier alpha value is -2.02. The van der Waals surface area contributed by atoms with Crippen LogP contribution in [-0.4, -0.2) is 61.5 Å². The summed E-state index contributed by atoms with van der Waals surface area (Å²) in [5, 5.41) is 0. The van der Waals surface area contributed by atoms with Gasteiger partial charge in [-0.15, -0.1) is 0 Å². The topological polar surface area (TPSA) is 49.9 Å². The maximum atomic E-state index is 13.9. The second kappa shape index (κ2) is 8.33. The lowest BCUT2D eigenvalue weighted by Gasteiger charge is -2.47. The van der Waals surface area contributed by atoms with Crippen molar-refractivity contribution in [1.29, 1.82) is 0 Å². The van der Waals surface area contributed by atoms with Crippen molar-refractivity contribution in [2.75, 3.05) is 39.9 Å². The molecule has 0 bridgehead atoms. The van der Waals surface area contributed by atoms with Gasteiger partial charge in [-0.3, -0.25) is 9.59 Å². The minimum Gasteiger partial charge on any atom is -0.385 e. The van der Waals surface area contributed by atoms with E-state index in [1.807, 2.05) is 4.90 Å². The molecule has 0 radical (unpaired) electrons. The number of benzene rings is 1. The van der Waals surface area contributed by atoms with Gasteiger partial charge in [0.2, 0.25) is 5.91 Å². The number of carbonyl (C=O) groups is 2. The molecule has 0 saturated carbocycles. The molecule has 0 N–H and O–H groups in total. The molecule has 1 spiro atoms. The smallest absolute Gasteiger partial charge is 0.256 e. The number of piperidine rings is 2. The largest absolute Gasteiger partial charge is 0.385 e. The molecular formula is C20H26F2N2O3. The van der Waals surface area contributed by atoms with Gasteiger partial charge in [-0.2, -0.15) is 0 Å². The highest BCUT2D eigenvalue weighted by atomic mass is 19.2. The van der Waals surface area contributed by atoms with Gasteiger partial charge in [0.15, 0.2) is 11.6 Å². The maximum Gasteiger partial charge on any atom is 0.256 e. The van der Waals surface area contributed by atoms with Crippen molar-refractivity contribution < 1.29 is 23.1 Å². The van der Waals surface area contributed by atoms with Crippen LogP contribution in [0.25, 0.3) is 0 Å². The number of amides is 2. The lowest BCUT2D eigenvalue weighted by Crippen LogP contribution is -2.52. The minimum absolute atomic E-state index is 0.0121. The molecule has 2 aliphatic heterocycles. The van der Waals surface area contributed by atoms with Crippen molar-refractivity contribution in [2.24, 2.45) is 5.41 Å². The van der Waals surface area contributed by atoms with Gasteiger partial charge in [0, 0.05) is 46.3 Å². The van der Waals surface area contributed by atoms with E-state index in [-0.39, 0.29) is 16.9 Å². The molecule has 2 amide bonds. The normalized spacial score (nSPS) is 19.6. The van der Waals surface area contributed by atoms with Crippen molar-refractivity contribution in [3.8, 4) is 0 Å². The van der Waals surface area contributed by atoms with Crippen LogP contribution in [0.15, 0.2) is 18.2 Å². The van der Waals surface area contributed by atoms with E-state index in [9.17, 15) is 18.4 Å². The van der Waals surface area contributed by atoms with Crippen LogP contribution in [0.4, 0.5) is 8.78 Å². The highest BCUT2D eigenvalue weighted by Crippen LogP contribution is 2.40. The van der Waals surface area contributed by atoms with Gasteiger partial charge in [0.25, 0.3) is 5.91 Å². The average molecular weight is 380 g/mol. The number of hydrogen-bond donors (Lipinski definition) is 0. The summed E-state index contributed by atoms with van der Waals surface area (Å²) in [6.07, 6.45) is 3.69. The lowest BCUT2D eigenvalue weighted by molar-refractivity contribution is -0.139. The molecule has 7 heteroatoms. The average Bonchev–Trinajstić information content (AvgIpc) is 2.67. The van der Waals surface area contributed by atoms with E-state index < -0.39 is 17.5 Å². The molecular weight excluding hydrogens is 354 g/mol. The number of likely N-dealkylation sites (tertiary alicyclic amines) is 2. The fraction of sp³-hybridized carbons (Fsp3) is 0.600. The number of methoxy groups -OCH3 is 1. The molecule has 2 aliphatic rings. The molecule has 1 aromatic rings. The summed E-state index contributed by atoms with van der Waals surface area (Å²) >= 11 is 0. The summed E-state index contributed by atoms with van der Waals surface area (Å²) in [5.41, 5.74) is -0.205. The highest BCUT2D eigenvalue weighted by Gasteiger charge is 2.41. The minimum atomic E-state index is -1.09. The van der Waals surface area contributed by atoms with E-state index in [4.69, 9.17) is 4.74 Å². The summed E-state index contributed by atoms with van der Waals surface area (Å²) in [6, 6.07) is 3.68. The first-order valence-corrected chi connectivity index (χ1v) is 9.46. The van der Waals surface area contributed by atoms with Crippen LogP contribution in [0.1, 0.15) is 42.5 Å². The molecule has 27 heavy (non-hydrogen) atoms. The Morgan fingerprint density at radius 2 is 1.96 bits per heavy atom. The van der Waals surface area contributed by atoms with E-state index in [0.29, 0.717) is 39.2 Å². The molecule has 5 nitrogen and oxygen atoms in total. The first-order chi connectivity index (χ1) is 13.0. The Balaban J connectivity index is 1.61. The van der Waals surface area contributed by atoms with Gasteiger partial charge in [0.1, 0.15) is 0 Å². The summed E-state index contributed by atoms with van der Waals surface area (Å²) in [4.78, 5) is 28.3. The predicted molar refractivity (Wildman–Crippen MR) is 96.2 cm³/mol. The number of carbonyl (C=O) groups excluding carboxylic acids is 2. The molecule has 2 heterocycles. The van der Waals surface area contributed by atoms with Gasteiger partial charge >= 0.3 is 0 Å². The van der Waals surface area contributed by atoms with Gasteiger partial charge in [-0.1, -0.05) is 6.07 Å². The predicted octanol–water partition coefficient (Wildman–Crippen LogP) is 2.85. The van der Waals surface area contributed by atoms with Gasteiger partial charge in [-0.25, -0.2) is 8.78 Å². The maximum absolute atomic E-state index is 13.9. The van der Waals surface area contributed by atoms with E-state index in [1.54, 1.807) is 12.0 Å². The zero-order valence-electron chi connectivity index (χ0n) is 15.7.